The van der Waals surface area contributed by atoms with E-state index in [2.05, 4.69) is 11.8 Å². The van der Waals surface area contributed by atoms with Gasteiger partial charge in [-0.3, -0.25) is 4.79 Å². The number of aryl methyl sites for hydroxylation is 1. The van der Waals surface area contributed by atoms with Gasteiger partial charge in [-0.2, -0.15) is 0 Å². The molecule has 1 aliphatic heterocycles. The molecule has 1 aromatic carbocycles. The monoisotopic (exact) mass is 287 g/mol. The lowest BCUT2D eigenvalue weighted by Gasteiger charge is -2.22. The Labute approximate surface area is 125 Å². The molecular weight excluding hydrogens is 266 g/mol. The number of hydrogen-bond donors (Lipinski definition) is 1. The number of hydrogen-bond acceptors (Lipinski definition) is 3. The largest absolute Gasteiger partial charge is 0.384 e. The predicted octanol–water partition coefficient (Wildman–Crippen LogP) is 1.59. The summed E-state index contributed by atoms with van der Waals surface area (Å²) in [5.74, 6) is 5.53. The first kappa shape index (κ1) is 15.6. The molecular formula is C17H21NO3. The normalized spacial score (nSPS) is 18.6. The summed E-state index contributed by atoms with van der Waals surface area (Å²) in [5.41, 5.74) is 2.42. The molecule has 1 heterocycles. The third-order valence-corrected chi connectivity index (χ3v) is 3.53. The molecule has 1 N–H and O–H groups in total. The van der Waals surface area contributed by atoms with E-state index in [9.17, 15) is 4.79 Å². The highest BCUT2D eigenvalue weighted by molar-refractivity contribution is 5.94. The zero-order valence-electron chi connectivity index (χ0n) is 12.6. The van der Waals surface area contributed by atoms with Gasteiger partial charge >= 0.3 is 0 Å². The lowest BCUT2D eigenvalue weighted by atomic mass is 10.0. The molecule has 0 bridgehead atoms. The average molecular weight is 287 g/mol. The Balaban J connectivity index is 2.22. The predicted molar refractivity (Wildman–Crippen MR) is 81.1 cm³/mol. The van der Waals surface area contributed by atoms with Crippen LogP contribution in [0.1, 0.15) is 34.8 Å². The highest BCUT2D eigenvalue weighted by Crippen LogP contribution is 2.15. The van der Waals surface area contributed by atoms with E-state index in [1.807, 2.05) is 30.9 Å². The highest BCUT2D eigenvalue weighted by atomic mass is 16.5. The summed E-state index contributed by atoms with van der Waals surface area (Å²) >= 11 is 0. The zero-order valence-corrected chi connectivity index (χ0v) is 12.6. The summed E-state index contributed by atoms with van der Waals surface area (Å²) in [6, 6.07) is 5.53. The molecule has 112 valence electrons. The summed E-state index contributed by atoms with van der Waals surface area (Å²) in [7, 11) is 0. The van der Waals surface area contributed by atoms with Crippen molar-refractivity contribution in [1.82, 2.24) is 4.90 Å². The molecule has 1 atom stereocenters. The number of aliphatic hydroxyl groups excluding tert-OH is 1. The Morgan fingerprint density at radius 2 is 2.33 bits per heavy atom. The van der Waals surface area contributed by atoms with Crippen LogP contribution in [0.25, 0.3) is 0 Å². The van der Waals surface area contributed by atoms with Crippen LogP contribution < -0.4 is 0 Å². The van der Waals surface area contributed by atoms with Crippen molar-refractivity contribution in [3.63, 3.8) is 0 Å². The van der Waals surface area contributed by atoms with E-state index in [0.29, 0.717) is 25.3 Å². The second kappa shape index (κ2) is 7.26. The van der Waals surface area contributed by atoms with Gasteiger partial charge in [-0.1, -0.05) is 17.9 Å². The zero-order chi connectivity index (χ0) is 15.2. The molecule has 0 aromatic heterocycles. The molecule has 1 unspecified atom stereocenters. The lowest BCUT2D eigenvalue weighted by molar-refractivity contribution is 0.0562. The second-order valence-electron chi connectivity index (χ2n) is 5.28. The second-order valence-corrected chi connectivity index (χ2v) is 5.28. The molecule has 21 heavy (non-hydrogen) atoms. The van der Waals surface area contributed by atoms with Gasteiger partial charge in [0.2, 0.25) is 0 Å². The van der Waals surface area contributed by atoms with Gasteiger partial charge in [-0.05, 0) is 38.0 Å². The van der Waals surface area contributed by atoms with E-state index in [0.717, 1.165) is 17.5 Å². The number of carbonyl (C=O) groups is 1. The molecule has 4 heteroatoms. The van der Waals surface area contributed by atoms with Crippen LogP contribution in [0.5, 0.6) is 0 Å². The number of amides is 1. The van der Waals surface area contributed by atoms with Crippen LogP contribution in [0.3, 0.4) is 0 Å². The van der Waals surface area contributed by atoms with Crippen molar-refractivity contribution in [3.05, 3.63) is 34.9 Å². The molecule has 1 aromatic rings. The van der Waals surface area contributed by atoms with Gasteiger partial charge in [0.15, 0.2) is 0 Å². The van der Waals surface area contributed by atoms with Gasteiger partial charge < -0.3 is 14.7 Å². The Kier molecular flexibility index (Phi) is 5.38. The first-order chi connectivity index (χ1) is 10.1. The van der Waals surface area contributed by atoms with Crippen LogP contribution in [0.2, 0.25) is 0 Å². The number of benzene rings is 1. The average Bonchev–Trinajstić information content (AvgIpc) is 2.70. The highest BCUT2D eigenvalue weighted by Gasteiger charge is 2.21. The minimum absolute atomic E-state index is 0.0133. The maximum absolute atomic E-state index is 12.6. The third-order valence-electron chi connectivity index (χ3n) is 3.53. The van der Waals surface area contributed by atoms with Crippen LogP contribution in [-0.2, 0) is 4.74 Å². The summed E-state index contributed by atoms with van der Waals surface area (Å²) in [5, 5.41) is 8.80. The van der Waals surface area contributed by atoms with Gasteiger partial charge in [0, 0.05) is 30.8 Å². The molecule has 1 fully saturated rings. The van der Waals surface area contributed by atoms with Gasteiger partial charge in [-0.15, -0.1) is 0 Å². The topological polar surface area (TPSA) is 49.8 Å². The van der Waals surface area contributed by atoms with E-state index in [4.69, 9.17) is 9.84 Å². The number of aliphatic hydroxyl groups is 1. The molecule has 2 rings (SSSR count). The fourth-order valence-electron chi connectivity index (χ4n) is 2.39. The number of rotatable bonds is 1. The quantitative estimate of drug-likeness (QED) is 0.798. The standard InChI is InChI=1S/C17H21NO3/c1-13-6-7-16(11-15(13)5-3-9-19)17(20)18-8-4-10-21-14(2)12-18/h6-7,11,14,19H,4,8-10,12H2,1-2H3. The van der Waals surface area contributed by atoms with Crippen molar-refractivity contribution in [3.8, 4) is 11.8 Å². The third kappa shape index (κ3) is 4.07. The maximum atomic E-state index is 12.6. The van der Waals surface area contributed by atoms with E-state index in [1.165, 1.54) is 0 Å². The summed E-state index contributed by atoms with van der Waals surface area (Å²) in [6.07, 6.45) is 0.926. The van der Waals surface area contributed by atoms with Crippen molar-refractivity contribution in [1.29, 1.82) is 0 Å². The first-order valence-electron chi connectivity index (χ1n) is 7.23. The molecule has 0 spiro atoms. The van der Waals surface area contributed by atoms with E-state index >= 15 is 0 Å². The number of carbonyl (C=O) groups excluding carboxylic acids is 1. The summed E-state index contributed by atoms with van der Waals surface area (Å²) in [4.78, 5) is 14.4. The number of nitrogens with zero attached hydrogens (tertiary/aromatic N) is 1. The Morgan fingerprint density at radius 1 is 1.52 bits per heavy atom. The van der Waals surface area contributed by atoms with Gasteiger partial charge in [0.25, 0.3) is 5.91 Å². The lowest BCUT2D eigenvalue weighted by Crippen LogP contribution is -2.35. The SMILES string of the molecule is Cc1ccc(C(=O)N2CCCOC(C)C2)cc1C#CCO. The summed E-state index contributed by atoms with van der Waals surface area (Å²) < 4.78 is 5.57. The van der Waals surface area contributed by atoms with Crippen LogP contribution in [-0.4, -0.2) is 48.3 Å². The van der Waals surface area contributed by atoms with Crippen molar-refractivity contribution >= 4 is 5.91 Å². The van der Waals surface area contributed by atoms with Gasteiger partial charge in [-0.25, -0.2) is 0 Å². The van der Waals surface area contributed by atoms with Gasteiger partial charge in [0.1, 0.15) is 6.61 Å². The smallest absolute Gasteiger partial charge is 0.253 e. The molecule has 0 aliphatic carbocycles. The molecule has 1 saturated heterocycles. The first-order valence-corrected chi connectivity index (χ1v) is 7.23. The van der Waals surface area contributed by atoms with E-state index in [1.54, 1.807) is 6.07 Å². The number of ether oxygens (including phenoxy) is 1. The Bertz CT molecular complexity index is 571. The van der Waals surface area contributed by atoms with Crippen LogP contribution >= 0.6 is 0 Å². The fraction of sp³-hybridized carbons (Fsp3) is 0.471. The molecule has 4 nitrogen and oxygen atoms in total. The van der Waals surface area contributed by atoms with Crippen LogP contribution in [0.15, 0.2) is 18.2 Å². The molecule has 0 saturated carbocycles. The summed E-state index contributed by atoms with van der Waals surface area (Å²) in [6.45, 7) is 5.78. The van der Waals surface area contributed by atoms with Crippen molar-refractivity contribution in [2.75, 3.05) is 26.3 Å². The minimum atomic E-state index is -0.182. The fourth-order valence-corrected chi connectivity index (χ4v) is 2.39. The minimum Gasteiger partial charge on any atom is -0.384 e. The van der Waals surface area contributed by atoms with Gasteiger partial charge in [0.05, 0.1) is 6.10 Å². The molecule has 1 amide bonds. The molecule has 0 radical (unpaired) electrons. The maximum Gasteiger partial charge on any atom is 0.253 e. The van der Waals surface area contributed by atoms with E-state index < -0.39 is 0 Å². The van der Waals surface area contributed by atoms with Crippen LogP contribution in [0.4, 0.5) is 0 Å². The van der Waals surface area contributed by atoms with Crippen molar-refractivity contribution < 1.29 is 14.6 Å². The Morgan fingerprint density at radius 3 is 3.10 bits per heavy atom. The van der Waals surface area contributed by atoms with E-state index in [-0.39, 0.29) is 18.6 Å². The molecule has 1 aliphatic rings. The van der Waals surface area contributed by atoms with Crippen molar-refractivity contribution in [2.45, 2.75) is 26.4 Å². The Hall–Kier alpha value is -1.83. The van der Waals surface area contributed by atoms with Crippen LogP contribution in [0, 0.1) is 18.8 Å². The van der Waals surface area contributed by atoms with Crippen molar-refractivity contribution in [2.24, 2.45) is 0 Å².